The molecular formula is C21H22FN3O3S2. The van der Waals surface area contributed by atoms with Gasteiger partial charge in [-0.2, -0.15) is 4.31 Å². The Kier molecular flexibility index (Phi) is 6.12. The van der Waals surface area contributed by atoms with Crippen LogP contribution in [0.4, 0.5) is 4.39 Å². The number of aryl methyl sites for hydroxylation is 1. The lowest BCUT2D eigenvalue weighted by atomic mass is 10.2. The molecule has 2 aromatic carbocycles. The quantitative estimate of drug-likeness (QED) is 0.581. The van der Waals surface area contributed by atoms with Crippen LogP contribution in [0.25, 0.3) is 10.2 Å². The number of benzene rings is 2. The SMILES string of the molecule is O=C(CCCc1nc2ccccc2s1)N1CCN(S(=O)(=O)c2ccccc2F)CC1. The van der Waals surface area contributed by atoms with E-state index in [9.17, 15) is 17.6 Å². The summed E-state index contributed by atoms with van der Waals surface area (Å²) in [6, 6.07) is 13.3. The van der Waals surface area contributed by atoms with Gasteiger partial charge in [0.25, 0.3) is 0 Å². The van der Waals surface area contributed by atoms with E-state index < -0.39 is 15.8 Å². The number of hydrogen-bond acceptors (Lipinski definition) is 5. The van der Waals surface area contributed by atoms with Crippen molar-refractivity contribution in [2.75, 3.05) is 26.2 Å². The fraction of sp³-hybridized carbons (Fsp3) is 0.333. The van der Waals surface area contributed by atoms with Crippen molar-refractivity contribution in [3.05, 3.63) is 59.4 Å². The van der Waals surface area contributed by atoms with Crippen LogP contribution in [-0.4, -0.2) is 54.7 Å². The molecule has 0 aliphatic carbocycles. The lowest BCUT2D eigenvalue weighted by Crippen LogP contribution is -2.50. The van der Waals surface area contributed by atoms with E-state index >= 15 is 0 Å². The minimum Gasteiger partial charge on any atom is -0.340 e. The molecular weight excluding hydrogens is 425 g/mol. The average molecular weight is 448 g/mol. The molecule has 0 N–H and O–H groups in total. The van der Waals surface area contributed by atoms with Crippen molar-refractivity contribution in [2.45, 2.75) is 24.2 Å². The predicted octanol–water partition coefficient (Wildman–Crippen LogP) is 3.29. The molecule has 1 saturated heterocycles. The molecule has 30 heavy (non-hydrogen) atoms. The topological polar surface area (TPSA) is 70.6 Å². The Morgan fingerprint density at radius 1 is 1.03 bits per heavy atom. The number of nitrogens with zero attached hydrogens (tertiary/aromatic N) is 3. The Morgan fingerprint density at radius 2 is 1.73 bits per heavy atom. The number of rotatable bonds is 6. The van der Waals surface area contributed by atoms with E-state index in [-0.39, 0.29) is 23.9 Å². The van der Waals surface area contributed by atoms with Gasteiger partial charge in [0, 0.05) is 32.6 Å². The van der Waals surface area contributed by atoms with Crippen molar-refractivity contribution in [3.8, 4) is 0 Å². The standard InChI is InChI=1S/C21H22FN3O3S2/c22-16-6-1-4-9-19(16)30(27,28)25-14-12-24(13-15-25)21(26)11-5-10-20-23-17-7-2-3-8-18(17)29-20/h1-4,6-9H,5,10-15H2. The molecule has 0 radical (unpaired) electrons. The zero-order valence-corrected chi connectivity index (χ0v) is 18.0. The van der Waals surface area contributed by atoms with Crippen molar-refractivity contribution in [3.63, 3.8) is 0 Å². The van der Waals surface area contributed by atoms with Gasteiger partial charge in [-0.05, 0) is 37.1 Å². The molecule has 3 aromatic rings. The van der Waals surface area contributed by atoms with Crippen molar-refractivity contribution in [2.24, 2.45) is 0 Å². The summed E-state index contributed by atoms with van der Waals surface area (Å²) in [7, 11) is -3.89. The highest BCUT2D eigenvalue weighted by atomic mass is 32.2. The van der Waals surface area contributed by atoms with Crippen LogP contribution < -0.4 is 0 Å². The number of aromatic nitrogens is 1. The Labute approximate surface area is 179 Å². The number of amides is 1. The molecule has 0 unspecified atom stereocenters. The van der Waals surface area contributed by atoms with E-state index in [0.717, 1.165) is 27.7 Å². The van der Waals surface area contributed by atoms with Crippen LogP contribution in [0.1, 0.15) is 17.8 Å². The third kappa shape index (κ3) is 4.38. The zero-order valence-electron chi connectivity index (χ0n) is 16.3. The number of carbonyl (C=O) groups is 1. The van der Waals surface area contributed by atoms with E-state index in [4.69, 9.17) is 0 Å². The number of carbonyl (C=O) groups excluding carboxylic acids is 1. The fourth-order valence-corrected chi connectivity index (χ4v) is 6.04. The van der Waals surface area contributed by atoms with Crippen LogP contribution in [0.15, 0.2) is 53.4 Å². The van der Waals surface area contributed by atoms with Gasteiger partial charge in [-0.3, -0.25) is 4.79 Å². The van der Waals surface area contributed by atoms with Crippen molar-refractivity contribution in [1.82, 2.24) is 14.2 Å². The fourth-order valence-electron chi connectivity index (χ4n) is 3.55. The molecule has 158 valence electrons. The van der Waals surface area contributed by atoms with Gasteiger partial charge < -0.3 is 4.90 Å². The summed E-state index contributed by atoms with van der Waals surface area (Å²) in [6.45, 7) is 0.960. The molecule has 1 aliphatic rings. The third-order valence-corrected chi connectivity index (χ3v) is 8.19. The zero-order chi connectivity index (χ0) is 21.1. The average Bonchev–Trinajstić information content (AvgIpc) is 3.17. The predicted molar refractivity (Wildman–Crippen MR) is 114 cm³/mol. The van der Waals surface area contributed by atoms with Gasteiger partial charge in [0.15, 0.2) is 0 Å². The Hall–Kier alpha value is -2.36. The van der Waals surface area contributed by atoms with Crippen LogP contribution in [0.2, 0.25) is 0 Å². The summed E-state index contributed by atoms with van der Waals surface area (Å²) in [5.41, 5.74) is 0.982. The molecule has 0 saturated carbocycles. The Morgan fingerprint density at radius 3 is 2.47 bits per heavy atom. The van der Waals surface area contributed by atoms with Crippen LogP contribution in [0.5, 0.6) is 0 Å². The van der Waals surface area contributed by atoms with Gasteiger partial charge in [0.05, 0.1) is 15.2 Å². The van der Waals surface area contributed by atoms with Crippen molar-refractivity contribution in [1.29, 1.82) is 0 Å². The molecule has 0 bridgehead atoms. The first kappa shape index (κ1) is 20.9. The second-order valence-electron chi connectivity index (χ2n) is 7.14. The third-order valence-electron chi connectivity index (χ3n) is 5.17. The van der Waals surface area contributed by atoms with E-state index in [1.165, 1.54) is 22.5 Å². The van der Waals surface area contributed by atoms with Crippen LogP contribution >= 0.6 is 11.3 Å². The lowest BCUT2D eigenvalue weighted by Gasteiger charge is -2.34. The number of fused-ring (bicyclic) bond motifs is 1. The monoisotopic (exact) mass is 447 g/mol. The molecule has 1 aromatic heterocycles. The first-order valence-corrected chi connectivity index (χ1v) is 12.1. The Bertz CT molecular complexity index is 1120. The second-order valence-corrected chi connectivity index (χ2v) is 10.2. The molecule has 9 heteroatoms. The van der Waals surface area contributed by atoms with E-state index in [1.54, 1.807) is 16.2 Å². The molecule has 6 nitrogen and oxygen atoms in total. The molecule has 0 spiro atoms. The first-order valence-electron chi connectivity index (χ1n) is 9.82. The molecule has 2 heterocycles. The van der Waals surface area contributed by atoms with Gasteiger partial charge in [-0.1, -0.05) is 24.3 Å². The normalized spacial score (nSPS) is 15.6. The highest BCUT2D eigenvalue weighted by Gasteiger charge is 2.31. The summed E-state index contributed by atoms with van der Waals surface area (Å²) in [5, 5.41) is 1.02. The minimum atomic E-state index is -3.89. The highest BCUT2D eigenvalue weighted by molar-refractivity contribution is 7.89. The van der Waals surface area contributed by atoms with Crippen molar-refractivity contribution < 1.29 is 17.6 Å². The molecule has 1 fully saturated rings. The molecule has 0 atom stereocenters. The van der Waals surface area contributed by atoms with Gasteiger partial charge in [0.2, 0.25) is 15.9 Å². The number of para-hydroxylation sites is 1. The molecule has 1 aliphatic heterocycles. The first-order chi connectivity index (χ1) is 14.4. The smallest absolute Gasteiger partial charge is 0.246 e. The largest absolute Gasteiger partial charge is 0.340 e. The van der Waals surface area contributed by atoms with Crippen LogP contribution in [0.3, 0.4) is 0 Å². The number of sulfonamides is 1. The summed E-state index contributed by atoms with van der Waals surface area (Å²) in [5.74, 6) is -0.745. The summed E-state index contributed by atoms with van der Waals surface area (Å²) >= 11 is 1.65. The number of hydrogen-bond donors (Lipinski definition) is 0. The van der Waals surface area contributed by atoms with Gasteiger partial charge in [-0.25, -0.2) is 17.8 Å². The summed E-state index contributed by atoms with van der Waals surface area (Å²) in [6.07, 6.45) is 1.84. The van der Waals surface area contributed by atoms with Gasteiger partial charge in [-0.15, -0.1) is 11.3 Å². The Balaban J connectivity index is 1.28. The minimum absolute atomic E-state index is 0.0130. The lowest BCUT2D eigenvalue weighted by molar-refractivity contribution is -0.132. The van der Waals surface area contributed by atoms with Gasteiger partial charge >= 0.3 is 0 Å². The number of piperazine rings is 1. The maximum Gasteiger partial charge on any atom is 0.246 e. The van der Waals surface area contributed by atoms with Crippen LogP contribution in [0, 0.1) is 5.82 Å². The maximum absolute atomic E-state index is 13.9. The van der Waals surface area contributed by atoms with Crippen LogP contribution in [-0.2, 0) is 21.2 Å². The number of halogens is 1. The molecule has 4 rings (SSSR count). The highest BCUT2D eigenvalue weighted by Crippen LogP contribution is 2.23. The summed E-state index contributed by atoms with van der Waals surface area (Å²) < 4.78 is 41.6. The van der Waals surface area contributed by atoms with E-state index in [0.29, 0.717) is 25.9 Å². The van der Waals surface area contributed by atoms with Gasteiger partial charge in [0.1, 0.15) is 10.7 Å². The summed E-state index contributed by atoms with van der Waals surface area (Å²) in [4.78, 5) is 18.5. The van der Waals surface area contributed by atoms with Crippen molar-refractivity contribution >= 4 is 37.5 Å². The number of thiazole rings is 1. The van der Waals surface area contributed by atoms with E-state index in [1.807, 2.05) is 24.3 Å². The molecule has 1 amide bonds. The van der Waals surface area contributed by atoms with E-state index in [2.05, 4.69) is 4.98 Å². The second kappa shape index (κ2) is 8.79. The maximum atomic E-state index is 13.9.